The quantitative estimate of drug-likeness (QED) is 0.885. The van der Waals surface area contributed by atoms with E-state index >= 15 is 0 Å². The van der Waals surface area contributed by atoms with Crippen molar-refractivity contribution in [3.63, 3.8) is 0 Å². The fraction of sp³-hybridized carbons (Fsp3) is 0.455. The molecule has 0 fully saturated rings. The molecule has 0 saturated carbocycles. The maximum absolute atomic E-state index is 12.1. The van der Waals surface area contributed by atoms with Crippen molar-refractivity contribution in [2.45, 2.75) is 12.3 Å². The summed E-state index contributed by atoms with van der Waals surface area (Å²) in [6, 6.07) is 6.62. The lowest BCUT2D eigenvalue weighted by atomic mass is 10.1. The Morgan fingerprint density at radius 1 is 1.41 bits per heavy atom. The van der Waals surface area contributed by atoms with Crippen LogP contribution in [0.5, 0.6) is 0 Å². The van der Waals surface area contributed by atoms with Gasteiger partial charge in [0.2, 0.25) is 0 Å². The lowest BCUT2D eigenvalue weighted by molar-refractivity contribution is -0.185. The average Bonchev–Trinajstić information content (AvgIpc) is 2.23. The predicted molar refractivity (Wildman–Crippen MR) is 60.1 cm³/mol. The normalized spacial score (nSPS) is 13.7. The minimum atomic E-state index is -4.33. The predicted octanol–water partition coefficient (Wildman–Crippen LogP) is 3.18. The van der Waals surface area contributed by atoms with E-state index in [1.165, 1.54) is 0 Å². The second-order valence-corrected chi connectivity index (χ2v) is 3.96. The van der Waals surface area contributed by atoms with Gasteiger partial charge in [0.1, 0.15) is 6.61 Å². The van der Waals surface area contributed by atoms with Gasteiger partial charge in [0.25, 0.3) is 0 Å². The van der Waals surface area contributed by atoms with Crippen molar-refractivity contribution < 1.29 is 17.9 Å². The van der Waals surface area contributed by atoms with E-state index < -0.39 is 18.9 Å². The fourth-order valence-corrected chi connectivity index (χ4v) is 1.56. The molecule has 96 valence electrons. The summed E-state index contributed by atoms with van der Waals surface area (Å²) in [5.41, 5.74) is 0.621. The Balaban J connectivity index is 2.71. The molecule has 6 heteroatoms. The van der Waals surface area contributed by atoms with Gasteiger partial charge in [-0.3, -0.25) is 0 Å². The summed E-state index contributed by atoms with van der Waals surface area (Å²) in [7, 11) is 1.65. The molecule has 2 nitrogen and oxygen atoms in total. The van der Waals surface area contributed by atoms with E-state index in [1.54, 1.807) is 31.3 Å². The van der Waals surface area contributed by atoms with Crippen LogP contribution >= 0.6 is 11.6 Å². The molecule has 1 aromatic rings. The van der Waals surface area contributed by atoms with Crippen LogP contribution in [0.4, 0.5) is 13.2 Å². The van der Waals surface area contributed by atoms with E-state index in [2.05, 4.69) is 5.32 Å². The number of hydrogen-bond donors (Lipinski definition) is 1. The second-order valence-electron chi connectivity index (χ2n) is 3.53. The summed E-state index contributed by atoms with van der Waals surface area (Å²) >= 11 is 5.78. The molecule has 1 unspecified atom stereocenters. The molecule has 1 rings (SSSR count). The minimum absolute atomic E-state index is 0.288. The van der Waals surface area contributed by atoms with Crippen LogP contribution in [-0.4, -0.2) is 26.4 Å². The average molecular weight is 268 g/mol. The Bertz CT molecular complexity index is 357. The zero-order valence-corrected chi connectivity index (χ0v) is 9.98. The van der Waals surface area contributed by atoms with Gasteiger partial charge in [-0.2, -0.15) is 13.2 Å². The van der Waals surface area contributed by atoms with Gasteiger partial charge in [-0.05, 0) is 24.7 Å². The molecular weight excluding hydrogens is 255 g/mol. The molecule has 1 atom stereocenters. The summed E-state index contributed by atoms with van der Waals surface area (Å²) in [6.45, 7) is -0.984. The number of halogens is 4. The van der Waals surface area contributed by atoms with E-state index in [0.717, 1.165) is 0 Å². The molecule has 17 heavy (non-hydrogen) atoms. The number of nitrogens with one attached hydrogen (secondary N) is 1. The van der Waals surface area contributed by atoms with Crippen LogP contribution in [0.2, 0.25) is 5.02 Å². The van der Waals surface area contributed by atoms with Crippen molar-refractivity contribution in [2.75, 3.05) is 20.2 Å². The van der Waals surface area contributed by atoms with Crippen molar-refractivity contribution in [1.82, 2.24) is 5.32 Å². The first-order valence-corrected chi connectivity index (χ1v) is 5.38. The maximum atomic E-state index is 12.1. The highest BCUT2D eigenvalue weighted by molar-refractivity contribution is 6.30. The lowest BCUT2D eigenvalue weighted by Gasteiger charge is -2.19. The van der Waals surface area contributed by atoms with Crippen LogP contribution in [0.25, 0.3) is 0 Å². The zero-order valence-electron chi connectivity index (χ0n) is 9.22. The topological polar surface area (TPSA) is 21.3 Å². The largest absolute Gasteiger partial charge is 0.411 e. The van der Waals surface area contributed by atoms with Crippen molar-refractivity contribution in [1.29, 1.82) is 0 Å². The third kappa shape index (κ3) is 5.39. The highest BCUT2D eigenvalue weighted by atomic mass is 35.5. The van der Waals surface area contributed by atoms with E-state index in [9.17, 15) is 13.2 Å². The fourth-order valence-electron chi connectivity index (χ4n) is 1.36. The maximum Gasteiger partial charge on any atom is 0.411 e. The molecule has 0 aliphatic heterocycles. The Kier molecular flexibility index (Phi) is 5.24. The van der Waals surface area contributed by atoms with Gasteiger partial charge < -0.3 is 10.1 Å². The number of likely N-dealkylation sites (N-methyl/N-ethyl adjacent to an activating group) is 1. The van der Waals surface area contributed by atoms with Crippen molar-refractivity contribution >= 4 is 11.6 Å². The van der Waals surface area contributed by atoms with Crippen LogP contribution in [0.3, 0.4) is 0 Å². The Labute approximate surface area is 103 Å². The first kappa shape index (κ1) is 14.3. The van der Waals surface area contributed by atoms with Crippen LogP contribution in [0.15, 0.2) is 24.3 Å². The molecule has 0 aliphatic rings. The summed E-state index contributed by atoms with van der Waals surface area (Å²) in [5.74, 6) is 0. The minimum Gasteiger partial charge on any atom is -0.363 e. The Morgan fingerprint density at radius 2 is 2.12 bits per heavy atom. The molecule has 0 aliphatic carbocycles. The monoisotopic (exact) mass is 267 g/mol. The smallest absolute Gasteiger partial charge is 0.363 e. The zero-order chi connectivity index (χ0) is 12.9. The summed E-state index contributed by atoms with van der Waals surface area (Å²) in [4.78, 5) is 0. The van der Waals surface area contributed by atoms with Crippen LogP contribution < -0.4 is 5.32 Å². The Hall–Kier alpha value is -0.780. The first-order valence-electron chi connectivity index (χ1n) is 5.01. The molecule has 0 amide bonds. The summed E-state index contributed by atoms with van der Waals surface area (Å²) in [6.07, 6.45) is -5.00. The number of benzene rings is 1. The van der Waals surface area contributed by atoms with Gasteiger partial charge in [0.15, 0.2) is 0 Å². The standard InChI is InChI=1S/C11H13ClF3NO/c1-16-6-10(17-7-11(13,14)15)8-3-2-4-9(12)5-8/h2-5,10,16H,6-7H2,1H3. The van der Waals surface area contributed by atoms with Gasteiger partial charge in [-0.1, -0.05) is 23.7 Å². The number of alkyl halides is 3. The van der Waals surface area contributed by atoms with Gasteiger partial charge in [0.05, 0.1) is 6.10 Å². The lowest BCUT2D eigenvalue weighted by Crippen LogP contribution is -2.25. The highest BCUT2D eigenvalue weighted by Gasteiger charge is 2.29. The van der Waals surface area contributed by atoms with Gasteiger partial charge in [-0.15, -0.1) is 0 Å². The van der Waals surface area contributed by atoms with Crippen LogP contribution in [0, 0.1) is 0 Å². The van der Waals surface area contributed by atoms with E-state index in [1.807, 2.05) is 0 Å². The van der Waals surface area contributed by atoms with E-state index in [-0.39, 0.29) is 6.54 Å². The molecular formula is C11H13ClF3NO. The van der Waals surface area contributed by atoms with Gasteiger partial charge in [0, 0.05) is 11.6 Å². The number of rotatable bonds is 5. The highest BCUT2D eigenvalue weighted by Crippen LogP contribution is 2.24. The SMILES string of the molecule is CNCC(OCC(F)(F)F)c1cccc(Cl)c1. The van der Waals surface area contributed by atoms with Crippen molar-refractivity contribution in [2.24, 2.45) is 0 Å². The molecule has 0 bridgehead atoms. The van der Waals surface area contributed by atoms with E-state index in [4.69, 9.17) is 16.3 Å². The molecule has 1 N–H and O–H groups in total. The molecule has 0 spiro atoms. The van der Waals surface area contributed by atoms with Crippen molar-refractivity contribution in [3.8, 4) is 0 Å². The third-order valence-corrected chi connectivity index (χ3v) is 2.29. The van der Waals surface area contributed by atoms with E-state index in [0.29, 0.717) is 10.6 Å². The second kappa shape index (κ2) is 6.23. The molecule has 1 aromatic carbocycles. The van der Waals surface area contributed by atoms with Crippen LogP contribution in [-0.2, 0) is 4.74 Å². The molecule has 0 saturated heterocycles. The molecule has 0 heterocycles. The van der Waals surface area contributed by atoms with Crippen molar-refractivity contribution in [3.05, 3.63) is 34.9 Å². The molecule has 0 aromatic heterocycles. The molecule has 0 radical (unpaired) electrons. The first-order chi connectivity index (χ1) is 7.92. The van der Waals surface area contributed by atoms with Crippen LogP contribution in [0.1, 0.15) is 11.7 Å². The Morgan fingerprint density at radius 3 is 2.65 bits per heavy atom. The summed E-state index contributed by atoms with van der Waals surface area (Å²) in [5, 5.41) is 3.26. The number of hydrogen-bond acceptors (Lipinski definition) is 2. The van der Waals surface area contributed by atoms with Gasteiger partial charge in [-0.25, -0.2) is 0 Å². The summed E-state index contributed by atoms with van der Waals surface area (Å²) < 4.78 is 41.1. The third-order valence-electron chi connectivity index (χ3n) is 2.06. The van der Waals surface area contributed by atoms with Gasteiger partial charge >= 0.3 is 6.18 Å². The number of ether oxygens (including phenoxy) is 1.